The Morgan fingerprint density at radius 1 is 0.433 bits per heavy atom. The lowest BCUT2D eigenvalue weighted by Crippen LogP contribution is -1.97. The van der Waals surface area contributed by atoms with Crippen LogP contribution in [0.3, 0.4) is 0 Å². The summed E-state index contributed by atoms with van der Waals surface area (Å²) in [5, 5.41) is 4.59. The number of rotatable bonds is 3. The third kappa shape index (κ3) is 2.69. The molecule has 4 nitrogen and oxygen atoms in total. The summed E-state index contributed by atoms with van der Waals surface area (Å²) in [6.07, 6.45) is 9.31. The Bertz CT molecular complexity index is 1440. The van der Waals surface area contributed by atoms with Gasteiger partial charge in [-0.1, -0.05) is 36.4 Å². The molecule has 0 amide bonds. The summed E-state index contributed by atoms with van der Waals surface area (Å²) in [4.78, 5) is 18.4. The summed E-state index contributed by atoms with van der Waals surface area (Å²) < 4.78 is 0. The zero-order chi connectivity index (χ0) is 19.9. The van der Waals surface area contributed by atoms with Gasteiger partial charge in [0.2, 0.25) is 0 Å². The van der Waals surface area contributed by atoms with E-state index in [0.29, 0.717) is 0 Å². The van der Waals surface area contributed by atoms with Crippen molar-refractivity contribution in [2.24, 2.45) is 0 Å². The maximum atomic E-state index is 4.63. The van der Waals surface area contributed by atoms with Gasteiger partial charge in [0.15, 0.2) is 0 Å². The third-order valence-electron chi connectivity index (χ3n) is 5.81. The highest BCUT2D eigenvalue weighted by Gasteiger charge is 2.10. The first kappa shape index (κ1) is 17.0. The topological polar surface area (TPSA) is 51.6 Å². The van der Waals surface area contributed by atoms with Crippen LogP contribution in [0.2, 0.25) is 0 Å². The van der Waals surface area contributed by atoms with E-state index < -0.39 is 0 Å². The summed E-state index contributed by atoms with van der Waals surface area (Å²) in [5.74, 6) is 0. The van der Waals surface area contributed by atoms with Gasteiger partial charge in [-0.15, -0.1) is 0 Å². The van der Waals surface area contributed by atoms with Crippen LogP contribution in [-0.4, -0.2) is 19.9 Å². The van der Waals surface area contributed by atoms with Gasteiger partial charge >= 0.3 is 0 Å². The van der Waals surface area contributed by atoms with E-state index in [-0.39, 0.29) is 0 Å². The zero-order valence-electron chi connectivity index (χ0n) is 16.3. The largest absolute Gasteiger partial charge is 0.254 e. The van der Waals surface area contributed by atoms with E-state index in [2.05, 4.69) is 68.5 Å². The minimum atomic E-state index is 0.927. The molecule has 2 aromatic carbocycles. The smallest absolute Gasteiger partial charge is 0.0967 e. The molecule has 0 aliphatic carbocycles. The van der Waals surface area contributed by atoms with Crippen LogP contribution in [0.5, 0.6) is 0 Å². The van der Waals surface area contributed by atoms with Gasteiger partial charge in [-0.25, -0.2) is 0 Å². The van der Waals surface area contributed by atoms with Crippen LogP contribution in [0.4, 0.5) is 0 Å². The second-order valence-electron chi connectivity index (χ2n) is 7.51. The van der Waals surface area contributed by atoms with E-state index in [0.717, 1.165) is 45.7 Å². The van der Waals surface area contributed by atoms with Crippen LogP contribution in [0, 0.1) is 0 Å². The molecule has 0 spiro atoms. The second kappa shape index (κ2) is 6.85. The maximum Gasteiger partial charge on any atom is 0.0967 e. The fraction of sp³-hybridized carbons (Fsp3) is 0.0769. The molecule has 6 aromatic rings. The van der Waals surface area contributed by atoms with Crippen molar-refractivity contribution in [3.05, 3.63) is 96.6 Å². The predicted octanol–water partition coefficient (Wildman–Crippen LogP) is 5.66. The molecule has 6 rings (SSSR count). The molecule has 4 heteroatoms. The molecule has 0 bridgehead atoms. The van der Waals surface area contributed by atoms with Crippen molar-refractivity contribution in [3.63, 3.8) is 0 Å². The van der Waals surface area contributed by atoms with Gasteiger partial charge in [0.05, 0.1) is 22.1 Å². The van der Waals surface area contributed by atoms with E-state index in [4.69, 9.17) is 0 Å². The lowest BCUT2D eigenvalue weighted by atomic mass is 9.97. The van der Waals surface area contributed by atoms with E-state index in [1.807, 2.05) is 36.9 Å². The molecule has 0 aliphatic rings. The maximum absolute atomic E-state index is 4.63. The Morgan fingerprint density at radius 2 is 0.900 bits per heavy atom. The number of aryl methyl sites for hydroxylation is 2. The van der Waals surface area contributed by atoms with Gasteiger partial charge in [0.1, 0.15) is 0 Å². The van der Waals surface area contributed by atoms with Crippen LogP contribution in [0.15, 0.2) is 85.5 Å². The van der Waals surface area contributed by atoms with Crippen LogP contribution >= 0.6 is 0 Å². The van der Waals surface area contributed by atoms with Gasteiger partial charge < -0.3 is 0 Å². The second-order valence-corrected chi connectivity index (χ2v) is 7.51. The standard InChI is InChI=1S/C26H18N4/c1-3-19-7-9-21-17(11-15-29-25(21)23(19)27-13-1)5-6-18-12-16-30-26-22(18)10-8-20-4-2-14-28-24(20)26/h1-4,7-16H,5-6H2. The zero-order valence-corrected chi connectivity index (χ0v) is 16.3. The quantitative estimate of drug-likeness (QED) is 0.368. The highest BCUT2D eigenvalue weighted by atomic mass is 14.7. The van der Waals surface area contributed by atoms with Crippen molar-refractivity contribution in [3.8, 4) is 0 Å². The van der Waals surface area contributed by atoms with Crippen molar-refractivity contribution < 1.29 is 0 Å². The van der Waals surface area contributed by atoms with Crippen molar-refractivity contribution in [2.75, 3.05) is 0 Å². The molecule has 0 unspecified atom stereocenters. The van der Waals surface area contributed by atoms with Crippen molar-refractivity contribution in [2.45, 2.75) is 12.8 Å². The Kier molecular flexibility index (Phi) is 3.88. The summed E-state index contributed by atoms with van der Waals surface area (Å²) in [7, 11) is 0. The highest BCUT2D eigenvalue weighted by molar-refractivity contribution is 6.04. The molecule has 0 fully saturated rings. The van der Waals surface area contributed by atoms with E-state index in [9.17, 15) is 0 Å². The number of nitrogens with zero attached hydrogens (tertiary/aromatic N) is 4. The number of fused-ring (bicyclic) bond motifs is 6. The van der Waals surface area contributed by atoms with Gasteiger partial charge in [0.25, 0.3) is 0 Å². The van der Waals surface area contributed by atoms with Crippen LogP contribution in [0.25, 0.3) is 43.6 Å². The monoisotopic (exact) mass is 386 g/mol. The van der Waals surface area contributed by atoms with Crippen molar-refractivity contribution in [1.29, 1.82) is 0 Å². The van der Waals surface area contributed by atoms with Gasteiger partial charge in [-0.3, -0.25) is 19.9 Å². The highest BCUT2D eigenvalue weighted by Crippen LogP contribution is 2.28. The Balaban J connectivity index is 1.42. The normalized spacial score (nSPS) is 11.6. The first-order chi connectivity index (χ1) is 14.9. The van der Waals surface area contributed by atoms with Crippen molar-refractivity contribution >= 4 is 43.6 Å². The molecule has 142 valence electrons. The van der Waals surface area contributed by atoms with Gasteiger partial charge in [-0.2, -0.15) is 0 Å². The molecule has 4 aromatic heterocycles. The summed E-state index contributed by atoms with van der Waals surface area (Å²) >= 11 is 0. The molecule has 0 atom stereocenters. The Morgan fingerprint density at radius 3 is 1.40 bits per heavy atom. The van der Waals surface area contributed by atoms with Gasteiger partial charge in [0, 0.05) is 46.3 Å². The summed E-state index contributed by atoms with van der Waals surface area (Å²) in [6, 6.07) is 20.9. The van der Waals surface area contributed by atoms with Crippen LogP contribution < -0.4 is 0 Å². The Hall–Kier alpha value is -3.92. The molecular formula is C26H18N4. The van der Waals surface area contributed by atoms with E-state index in [1.165, 1.54) is 21.9 Å². The third-order valence-corrected chi connectivity index (χ3v) is 5.81. The molecule has 0 saturated carbocycles. The first-order valence-corrected chi connectivity index (χ1v) is 10.1. The summed E-state index contributed by atoms with van der Waals surface area (Å²) in [5.41, 5.74) is 6.45. The molecule has 30 heavy (non-hydrogen) atoms. The van der Waals surface area contributed by atoms with Gasteiger partial charge in [-0.05, 0) is 48.2 Å². The van der Waals surface area contributed by atoms with Crippen LogP contribution in [0.1, 0.15) is 11.1 Å². The average Bonchev–Trinajstić information content (AvgIpc) is 2.82. The van der Waals surface area contributed by atoms with Crippen LogP contribution in [-0.2, 0) is 12.8 Å². The molecule has 4 heterocycles. The molecule has 0 radical (unpaired) electrons. The average molecular weight is 386 g/mol. The predicted molar refractivity (Wildman–Crippen MR) is 121 cm³/mol. The van der Waals surface area contributed by atoms with Crippen molar-refractivity contribution in [1.82, 2.24) is 19.9 Å². The lowest BCUT2D eigenvalue weighted by Gasteiger charge is -2.10. The SMILES string of the molecule is c1cnc2c(c1)ccc1c(CCc3ccnc4c3ccc3cccnc34)ccnc12. The summed E-state index contributed by atoms with van der Waals surface area (Å²) in [6.45, 7) is 0. The number of hydrogen-bond acceptors (Lipinski definition) is 4. The Labute approximate surface area is 173 Å². The fourth-order valence-corrected chi connectivity index (χ4v) is 4.33. The number of hydrogen-bond donors (Lipinski definition) is 0. The number of aromatic nitrogens is 4. The molecule has 0 N–H and O–H groups in total. The molecule has 0 aliphatic heterocycles. The molecule has 0 saturated heterocycles. The fourth-order valence-electron chi connectivity index (χ4n) is 4.33. The number of benzene rings is 2. The minimum absolute atomic E-state index is 0.927. The van der Waals surface area contributed by atoms with E-state index >= 15 is 0 Å². The first-order valence-electron chi connectivity index (χ1n) is 10.1. The minimum Gasteiger partial charge on any atom is -0.254 e. The molecular weight excluding hydrogens is 368 g/mol. The van der Waals surface area contributed by atoms with E-state index in [1.54, 1.807) is 0 Å². The number of pyridine rings is 4. The lowest BCUT2D eigenvalue weighted by molar-refractivity contribution is 0.973.